The quantitative estimate of drug-likeness (QED) is 0.365. The molecular weight excluding hydrogens is 437 g/mol. The highest BCUT2D eigenvalue weighted by Crippen LogP contribution is 2.25. The molecule has 0 unspecified atom stereocenters. The van der Waals surface area contributed by atoms with E-state index < -0.39 is 5.91 Å². The van der Waals surface area contributed by atoms with Crippen LogP contribution in [-0.4, -0.2) is 21.5 Å². The Kier molecular flexibility index (Phi) is 5.93. The summed E-state index contributed by atoms with van der Waals surface area (Å²) in [6.07, 6.45) is 1.59. The van der Waals surface area contributed by atoms with E-state index in [-0.39, 0.29) is 11.5 Å². The van der Waals surface area contributed by atoms with Gasteiger partial charge in [-0.1, -0.05) is 53.5 Å². The second-order valence-corrected chi connectivity index (χ2v) is 7.71. The second kappa shape index (κ2) is 8.79. The number of hydrogen-bond donors (Lipinski definition) is 1. The Morgan fingerprint density at radius 3 is 2.52 bits per heavy atom. The topological polar surface area (TPSA) is 77.1 Å². The number of nitrogens with one attached hydrogen (secondary N) is 1. The lowest BCUT2D eigenvalue weighted by molar-refractivity contribution is 0.0993. The van der Waals surface area contributed by atoms with Crippen molar-refractivity contribution in [1.29, 1.82) is 0 Å². The first-order chi connectivity index (χ1) is 14.9. The van der Waals surface area contributed by atoms with E-state index in [1.807, 2.05) is 6.07 Å². The van der Waals surface area contributed by atoms with Crippen LogP contribution in [0.1, 0.15) is 33.4 Å². The van der Waals surface area contributed by atoms with E-state index in [0.29, 0.717) is 33.7 Å². The molecule has 0 saturated heterocycles. The molecule has 1 N–H and O–H groups in total. The molecule has 0 bridgehead atoms. The zero-order valence-electron chi connectivity index (χ0n) is 16.4. The first-order valence-electron chi connectivity index (χ1n) is 9.39. The van der Waals surface area contributed by atoms with Crippen LogP contribution >= 0.6 is 23.2 Å². The average molecular weight is 454 g/mol. The van der Waals surface area contributed by atoms with E-state index >= 15 is 0 Å². The van der Waals surface area contributed by atoms with Gasteiger partial charge in [0.05, 0.1) is 12.7 Å². The molecule has 0 spiro atoms. The average Bonchev–Trinajstić information content (AvgIpc) is 3.40. The molecule has 0 radical (unpaired) electrons. The van der Waals surface area contributed by atoms with Crippen molar-refractivity contribution in [3.8, 4) is 11.3 Å². The van der Waals surface area contributed by atoms with Gasteiger partial charge in [-0.3, -0.25) is 9.59 Å². The molecule has 156 valence electrons. The zero-order chi connectivity index (χ0) is 22.0. The Labute approximate surface area is 188 Å². The molecule has 4 rings (SSSR count). The summed E-state index contributed by atoms with van der Waals surface area (Å²) in [5, 5.41) is 8.12. The monoisotopic (exact) mass is 453 g/mol. The minimum atomic E-state index is -0.407. The maximum atomic E-state index is 12.7. The molecule has 0 aliphatic carbocycles. The SMILES string of the molecule is CC(=O)c1ccc(-c2ccc(C(=O)Nc3ccnn3Cc3ccc(Cl)cc3Cl)o2)cc1. The number of nitrogens with zero attached hydrogens (tertiary/aromatic N) is 2. The highest BCUT2D eigenvalue weighted by molar-refractivity contribution is 6.35. The summed E-state index contributed by atoms with van der Waals surface area (Å²) in [6.45, 7) is 1.88. The Morgan fingerprint density at radius 2 is 1.81 bits per heavy atom. The fraction of sp³-hybridized carbons (Fsp3) is 0.0870. The number of anilines is 1. The normalized spacial score (nSPS) is 10.8. The van der Waals surface area contributed by atoms with Gasteiger partial charge in [0.15, 0.2) is 11.5 Å². The highest BCUT2D eigenvalue weighted by atomic mass is 35.5. The van der Waals surface area contributed by atoms with E-state index in [1.165, 1.54) is 6.92 Å². The number of ketones is 1. The van der Waals surface area contributed by atoms with Crippen molar-refractivity contribution in [1.82, 2.24) is 9.78 Å². The standard InChI is InChI=1S/C23H17Cl2N3O3/c1-14(29)15-2-4-16(5-3-15)20-8-9-21(31-20)23(30)27-22-10-11-26-28(22)13-17-6-7-18(24)12-19(17)25/h2-12H,13H2,1H3,(H,27,30). The van der Waals surface area contributed by atoms with Gasteiger partial charge in [-0.2, -0.15) is 5.10 Å². The number of amides is 1. The first kappa shape index (κ1) is 20.9. The van der Waals surface area contributed by atoms with Gasteiger partial charge in [0, 0.05) is 27.2 Å². The van der Waals surface area contributed by atoms with Crippen LogP contribution in [0.2, 0.25) is 10.0 Å². The molecule has 2 aromatic heterocycles. The number of hydrogen-bond acceptors (Lipinski definition) is 4. The lowest BCUT2D eigenvalue weighted by atomic mass is 10.1. The summed E-state index contributed by atoms with van der Waals surface area (Å²) >= 11 is 12.2. The van der Waals surface area contributed by atoms with Crippen molar-refractivity contribution in [2.24, 2.45) is 0 Å². The lowest BCUT2D eigenvalue weighted by Crippen LogP contribution is -2.15. The van der Waals surface area contributed by atoms with Crippen molar-refractivity contribution in [3.63, 3.8) is 0 Å². The smallest absolute Gasteiger partial charge is 0.292 e. The molecule has 6 nitrogen and oxygen atoms in total. The van der Waals surface area contributed by atoms with Crippen molar-refractivity contribution in [2.75, 3.05) is 5.32 Å². The van der Waals surface area contributed by atoms with E-state index in [2.05, 4.69) is 10.4 Å². The van der Waals surface area contributed by atoms with Crippen LogP contribution in [0.3, 0.4) is 0 Å². The third-order valence-electron chi connectivity index (χ3n) is 4.70. The number of rotatable bonds is 6. The van der Waals surface area contributed by atoms with Gasteiger partial charge in [-0.25, -0.2) is 4.68 Å². The van der Waals surface area contributed by atoms with Crippen LogP contribution in [-0.2, 0) is 6.54 Å². The third kappa shape index (κ3) is 4.71. The second-order valence-electron chi connectivity index (χ2n) is 6.86. The predicted molar refractivity (Wildman–Crippen MR) is 120 cm³/mol. The number of halogens is 2. The van der Waals surface area contributed by atoms with Crippen LogP contribution in [0.15, 0.2) is 71.3 Å². The molecule has 8 heteroatoms. The molecule has 0 fully saturated rings. The molecular formula is C23H17Cl2N3O3. The number of aromatic nitrogens is 2. The largest absolute Gasteiger partial charge is 0.451 e. The van der Waals surface area contributed by atoms with Crippen LogP contribution < -0.4 is 5.32 Å². The fourth-order valence-corrected chi connectivity index (χ4v) is 3.51. The summed E-state index contributed by atoms with van der Waals surface area (Å²) in [5.41, 5.74) is 2.20. The molecule has 0 aliphatic heterocycles. The molecule has 0 saturated carbocycles. The van der Waals surface area contributed by atoms with Crippen molar-refractivity contribution in [2.45, 2.75) is 13.5 Å². The molecule has 2 heterocycles. The van der Waals surface area contributed by atoms with E-state index in [4.69, 9.17) is 27.6 Å². The number of benzene rings is 2. The van der Waals surface area contributed by atoms with Gasteiger partial charge in [-0.05, 0) is 36.8 Å². The Morgan fingerprint density at radius 1 is 1.03 bits per heavy atom. The van der Waals surface area contributed by atoms with E-state index in [0.717, 1.165) is 11.1 Å². The van der Waals surface area contributed by atoms with Gasteiger partial charge in [0.25, 0.3) is 5.91 Å². The minimum absolute atomic E-state index is 0.0115. The summed E-state index contributed by atoms with van der Waals surface area (Å²) in [7, 11) is 0. The number of carbonyl (C=O) groups is 2. The summed E-state index contributed by atoms with van der Waals surface area (Å²) in [5.74, 6) is 0.766. The van der Waals surface area contributed by atoms with Crippen LogP contribution in [0.25, 0.3) is 11.3 Å². The summed E-state index contributed by atoms with van der Waals surface area (Å²) in [4.78, 5) is 24.1. The van der Waals surface area contributed by atoms with Crippen LogP contribution in [0.4, 0.5) is 5.82 Å². The van der Waals surface area contributed by atoms with E-state index in [9.17, 15) is 9.59 Å². The molecule has 31 heavy (non-hydrogen) atoms. The molecule has 1 amide bonds. The predicted octanol–water partition coefficient (Wildman–Crippen LogP) is 5.95. The number of furan rings is 1. The third-order valence-corrected chi connectivity index (χ3v) is 5.29. The number of Topliss-reactive ketones (excluding diaryl/α,β-unsaturated/α-hetero) is 1. The van der Waals surface area contributed by atoms with Crippen LogP contribution in [0.5, 0.6) is 0 Å². The van der Waals surface area contributed by atoms with Gasteiger partial charge >= 0.3 is 0 Å². The zero-order valence-corrected chi connectivity index (χ0v) is 17.9. The summed E-state index contributed by atoms with van der Waals surface area (Å²) in [6, 6.07) is 17.2. The maximum Gasteiger partial charge on any atom is 0.292 e. The van der Waals surface area contributed by atoms with Gasteiger partial charge in [0.1, 0.15) is 11.6 Å². The van der Waals surface area contributed by atoms with Gasteiger partial charge in [0.2, 0.25) is 0 Å². The molecule has 0 aliphatic rings. The first-order valence-corrected chi connectivity index (χ1v) is 10.1. The lowest BCUT2D eigenvalue weighted by Gasteiger charge is -2.10. The Hall–Kier alpha value is -3.35. The molecule has 0 atom stereocenters. The Bertz CT molecular complexity index is 1260. The number of carbonyl (C=O) groups excluding carboxylic acids is 2. The minimum Gasteiger partial charge on any atom is -0.451 e. The maximum absolute atomic E-state index is 12.7. The van der Waals surface area contributed by atoms with Crippen LogP contribution in [0, 0.1) is 0 Å². The fourth-order valence-electron chi connectivity index (χ4n) is 3.04. The van der Waals surface area contributed by atoms with Crippen molar-refractivity contribution < 1.29 is 14.0 Å². The van der Waals surface area contributed by atoms with E-state index in [1.54, 1.807) is 65.5 Å². The van der Waals surface area contributed by atoms with Crippen molar-refractivity contribution >= 4 is 40.7 Å². The molecule has 4 aromatic rings. The Balaban J connectivity index is 1.48. The highest BCUT2D eigenvalue weighted by Gasteiger charge is 2.15. The van der Waals surface area contributed by atoms with Gasteiger partial charge in [-0.15, -0.1) is 0 Å². The summed E-state index contributed by atoms with van der Waals surface area (Å²) < 4.78 is 7.33. The van der Waals surface area contributed by atoms with Gasteiger partial charge < -0.3 is 9.73 Å². The molecule has 2 aromatic carbocycles. The van der Waals surface area contributed by atoms with Crippen molar-refractivity contribution in [3.05, 3.63) is 93.8 Å².